The molecule has 16 heteroatoms. The van der Waals surface area contributed by atoms with E-state index in [-0.39, 0.29) is 43.1 Å². The molecular weight excluding hydrogens is 871 g/mol. The number of phenolic OH excluding ortho intramolecular Hbond substituents is 1. The molecule has 3 aromatic rings. The molecule has 1 aliphatic carbocycles. The van der Waals surface area contributed by atoms with Crippen molar-refractivity contribution in [3.05, 3.63) is 65.7 Å². The van der Waals surface area contributed by atoms with Crippen LogP contribution in [-0.2, 0) is 16.1 Å². The van der Waals surface area contributed by atoms with Crippen LogP contribution in [0.15, 0.2) is 54.6 Å². The molecule has 4 aliphatic heterocycles. The van der Waals surface area contributed by atoms with Gasteiger partial charge < -0.3 is 45.8 Å². The van der Waals surface area contributed by atoms with Crippen LogP contribution < -0.4 is 20.9 Å². The van der Waals surface area contributed by atoms with Gasteiger partial charge in [-0.1, -0.05) is 51.0 Å². The SMILES string of the molecule is C#Cc1ccc(CNC(=O)[C@@H]2C[C@@H](O)CN2C(=O)[C@@H](NC(=O)N2CCN(CC3CCN(C4CCC(N5CCN(c6cc(-c7ccccc7O)nnc6NCC)CC5)CC4)CC3)CC2)C(C)(C)C)cc1. The number of phenols is 1. The number of piperazine rings is 2. The summed E-state index contributed by atoms with van der Waals surface area (Å²) in [6, 6.07) is 16.0. The Morgan fingerprint density at radius 3 is 2.12 bits per heavy atom. The Labute approximate surface area is 409 Å². The van der Waals surface area contributed by atoms with Gasteiger partial charge in [-0.2, -0.15) is 0 Å². The highest BCUT2D eigenvalue weighted by Crippen LogP contribution is 2.35. The molecule has 5 N–H and O–H groups in total. The number of anilines is 2. The summed E-state index contributed by atoms with van der Waals surface area (Å²) in [6.45, 7) is 18.9. The lowest BCUT2D eigenvalue weighted by atomic mass is 9.85. The van der Waals surface area contributed by atoms with Gasteiger partial charge in [0.15, 0.2) is 5.82 Å². The summed E-state index contributed by atoms with van der Waals surface area (Å²) in [5.74, 6) is 3.53. The second kappa shape index (κ2) is 22.5. The number of likely N-dealkylation sites (tertiary alicyclic amines) is 2. The quantitative estimate of drug-likeness (QED) is 0.153. The van der Waals surface area contributed by atoms with E-state index in [9.17, 15) is 24.6 Å². The van der Waals surface area contributed by atoms with Crippen molar-refractivity contribution in [1.82, 2.24) is 45.3 Å². The molecule has 0 unspecified atom stereocenters. The minimum Gasteiger partial charge on any atom is -0.507 e. The lowest BCUT2D eigenvalue weighted by Crippen LogP contribution is -2.61. The van der Waals surface area contributed by atoms with Crippen LogP contribution in [-0.4, -0.2) is 178 Å². The first-order chi connectivity index (χ1) is 33.3. The molecule has 5 fully saturated rings. The fraction of sp³-hybridized carbons (Fsp3) is 0.604. The van der Waals surface area contributed by atoms with E-state index < -0.39 is 23.6 Å². The van der Waals surface area contributed by atoms with E-state index in [1.54, 1.807) is 6.07 Å². The van der Waals surface area contributed by atoms with Crippen LogP contribution in [0, 0.1) is 23.7 Å². The average Bonchev–Trinajstić information content (AvgIpc) is 3.77. The van der Waals surface area contributed by atoms with E-state index >= 15 is 0 Å². The van der Waals surface area contributed by atoms with Gasteiger partial charge >= 0.3 is 6.03 Å². The second-order valence-electron chi connectivity index (χ2n) is 21.0. The molecule has 4 amide bonds. The number of aromatic nitrogens is 2. The standard InChI is InChI=1S/C53H75N11O5/c1-6-37-12-14-38(15-13-37)34-55-50(67)46-32-42(65)36-64(46)51(68)48(53(3,4)5)56-52(69)63-26-24-59(25-27-63)35-39-20-22-60(23-21-39)40-16-18-41(19-17-40)61-28-30-62(31-29-61)45-33-44(57-58-49(45)54-7-2)43-10-8-9-11-47(43)66/h1,8-15,33,39-42,46,48,65-66H,7,16-32,34-36H2,2-5H3,(H,54,58)(H,55,67)(H,56,69)/t40?,41?,42-,46+,48-/m1/s1. The summed E-state index contributed by atoms with van der Waals surface area (Å²) in [7, 11) is 0. The number of para-hydroxylation sites is 1. The Balaban J connectivity index is 0.743. The normalized spacial score (nSPS) is 23.9. The molecule has 0 bridgehead atoms. The topological polar surface area (TPSA) is 173 Å². The third-order valence-electron chi connectivity index (χ3n) is 15.3. The van der Waals surface area contributed by atoms with Gasteiger partial charge in [0.1, 0.15) is 17.8 Å². The summed E-state index contributed by atoms with van der Waals surface area (Å²) in [5.41, 5.74) is 3.40. The number of benzene rings is 2. The lowest BCUT2D eigenvalue weighted by Gasteiger charge is -2.46. The van der Waals surface area contributed by atoms with Crippen LogP contribution in [0.3, 0.4) is 0 Å². The minimum absolute atomic E-state index is 0.0322. The van der Waals surface area contributed by atoms with Crippen molar-refractivity contribution in [2.75, 3.05) is 95.3 Å². The zero-order chi connectivity index (χ0) is 48.7. The predicted octanol–water partition coefficient (Wildman–Crippen LogP) is 4.43. The summed E-state index contributed by atoms with van der Waals surface area (Å²) in [4.78, 5) is 55.0. The summed E-state index contributed by atoms with van der Waals surface area (Å²) in [6.07, 6.45) is 12.2. The highest BCUT2D eigenvalue weighted by Gasteiger charge is 2.45. The van der Waals surface area contributed by atoms with Gasteiger partial charge in [-0.05, 0) is 106 Å². The number of aromatic hydroxyl groups is 1. The number of carbonyl (C=O) groups is 3. The number of piperidine rings is 1. The van der Waals surface area contributed by atoms with Crippen molar-refractivity contribution in [2.24, 2.45) is 11.3 Å². The zero-order valence-corrected chi connectivity index (χ0v) is 41.3. The summed E-state index contributed by atoms with van der Waals surface area (Å²) >= 11 is 0. The van der Waals surface area contributed by atoms with Crippen LogP contribution >= 0.6 is 0 Å². The zero-order valence-electron chi connectivity index (χ0n) is 41.3. The molecule has 1 saturated carbocycles. The number of aliphatic hydroxyl groups excluding tert-OH is 1. The van der Waals surface area contributed by atoms with Crippen molar-refractivity contribution < 1.29 is 24.6 Å². The summed E-state index contributed by atoms with van der Waals surface area (Å²) in [5, 5.41) is 39.5. The molecule has 16 nitrogen and oxygen atoms in total. The minimum atomic E-state index is -0.878. The van der Waals surface area contributed by atoms with E-state index in [1.165, 1.54) is 43.4 Å². The van der Waals surface area contributed by atoms with Crippen LogP contribution in [0.1, 0.15) is 83.8 Å². The maximum Gasteiger partial charge on any atom is 0.318 e. The van der Waals surface area contributed by atoms with Gasteiger partial charge in [0.25, 0.3) is 0 Å². The maximum absolute atomic E-state index is 14.2. The molecule has 5 aliphatic rings. The third kappa shape index (κ3) is 12.3. The Kier molecular flexibility index (Phi) is 16.3. The Morgan fingerprint density at radius 2 is 1.49 bits per heavy atom. The monoisotopic (exact) mass is 946 g/mol. The van der Waals surface area contributed by atoms with Crippen LogP contribution in [0.25, 0.3) is 11.3 Å². The van der Waals surface area contributed by atoms with E-state index in [4.69, 9.17) is 6.42 Å². The molecule has 5 heterocycles. The number of terminal acetylenes is 1. The van der Waals surface area contributed by atoms with Crippen molar-refractivity contribution >= 4 is 29.4 Å². The van der Waals surface area contributed by atoms with Crippen LogP contribution in [0.2, 0.25) is 0 Å². The molecule has 4 saturated heterocycles. The number of carbonyl (C=O) groups excluding carboxylic acids is 3. The fourth-order valence-electron chi connectivity index (χ4n) is 11.2. The van der Waals surface area contributed by atoms with E-state index in [0.29, 0.717) is 42.3 Å². The number of urea groups is 1. The largest absolute Gasteiger partial charge is 0.507 e. The van der Waals surface area contributed by atoms with Gasteiger partial charge in [-0.25, -0.2) is 4.79 Å². The average molecular weight is 946 g/mol. The van der Waals surface area contributed by atoms with Gasteiger partial charge in [0.2, 0.25) is 11.8 Å². The Morgan fingerprint density at radius 1 is 0.841 bits per heavy atom. The molecule has 0 radical (unpaired) electrons. The molecular formula is C53H75N11O5. The molecule has 0 spiro atoms. The van der Waals surface area contributed by atoms with Gasteiger partial charge in [-0.3, -0.25) is 19.4 Å². The Hall–Kier alpha value is -5.47. The first-order valence-electron chi connectivity index (χ1n) is 25.5. The molecule has 1 aromatic heterocycles. The maximum atomic E-state index is 14.2. The molecule has 372 valence electrons. The second-order valence-corrected chi connectivity index (χ2v) is 21.0. The molecule has 2 aromatic carbocycles. The first-order valence-corrected chi connectivity index (χ1v) is 25.5. The predicted molar refractivity (Wildman–Crippen MR) is 270 cm³/mol. The van der Waals surface area contributed by atoms with Gasteiger partial charge in [0.05, 0.1) is 17.5 Å². The van der Waals surface area contributed by atoms with E-state index in [0.717, 1.165) is 88.1 Å². The van der Waals surface area contributed by atoms with Crippen LogP contribution in [0.4, 0.5) is 16.3 Å². The van der Waals surface area contributed by atoms with E-state index in [2.05, 4.69) is 64.7 Å². The third-order valence-corrected chi connectivity index (χ3v) is 15.3. The number of amides is 4. The van der Waals surface area contributed by atoms with Crippen molar-refractivity contribution in [2.45, 2.75) is 109 Å². The van der Waals surface area contributed by atoms with Gasteiger partial charge in [-0.15, -0.1) is 16.6 Å². The van der Waals surface area contributed by atoms with E-state index in [1.807, 2.05) is 68.1 Å². The van der Waals surface area contributed by atoms with Gasteiger partial charge in [0, 0.05) is 108 Å². The number of aliphatic hydroxyl groups is 1. The number of rotatable bonds is 13. The number of hydrogen-bond donors (Lipinski definition) is 5. The van der Waals surface area contributed by atoms with Crippen molar-refractivity contribution in [3.8, 4) is 29.4 Å². The molecule has 3 atom stereocenters. The lowest BCUT2D eigenvalue weighted by molar-refractivity contribution is -0.142. The number of nitrogens with zero attached hydrogens (tertiary/aromatic N) is 8. The summed E-state index contributed by atoms with van der Waals surface area (Å²) < 4.78 is 0. The van der Waals surface area contributed by atoms with Crippen molar-refractivity contribution in [3.63, 3.8) is 0 Å². The smallest absolute Gasteiger partial charge is 0.318 e. The van der Waals surface area contributed by atoms with Crippen LogP contribution in [0.5, 0.6) is 5.75 Å². The highest BCUT2D eigenvalue weighted by molar-refractivity contribution is 5.93. The number of nitrogens with one attached hydrogen (secondary N) is 3. The molecule has 69 heavy (non-hydrogen) atoms. The fourth-order valence-corrected chi connectivity index (χ4v) is 11.2. The first kappa shape index (κ1) is 49.9. The Bertz CT molecular complexity index is 2250. The number of β-amino-alcohol motifs (C(OH)–C–C–N with tert-alkyl or cyclic N) is 1. The van der Waals surface area contributed by atoms with Crippen molar-refractivity contribution in [1.29, 1.82) is 0 Å². The number of hydrogen-bond acceptors (Lipinski definition) is 12. The highest BCUT2D eigenvalue weighted by atomic mass is 16.3. The molecule has 8 rings (SSSR count).